The van der Waals surface area contributed by atoms with Crippen molar-refractivity contribution >= 4 is 24.2 Å². The second kappa shape index (κ2) is 8.32. The monoisotopic (exact) mass is 277 g/mol. The Morgan fingerprint density at radius 2 is 2.22 bits per heavy atom. The highest BCUT2D eigenvalue weighted by molar-refractivity contribution is 5.89. The number of hydrogen-bond acceptors (Lipinski definition) is 3. The van der Waals surface area contributed by atoms with Crippen LogP contribution in [0.5, 0.6) is 0 Å². The van der Waals surface area contributed by atoms with Gasteiger partial charge in [-0.15, -0.1) is 12.4 Å². The maximum absolute atomic E-state index is 12.0. The zero-order chi connectivity index (χ0) is 12.8. The molecule has 1 fully saturated rings. The standard InChI is InChI=1S/C12H23N3O2.ClH/c1-4-6-15-7-5-13-10(12(15)17)8-11(16)14-9(2)3;/h9-10,13H,4-8H2,1-3H3,(H,14,16);1H. The first kappa shape index (κ1) is 17.2. The summed E-state index contributed by atoms with van der Waals surface area (Å²) in [5, 5.41) is 5.92. The lowest BCUT2D eigenvalue weighted by Gasteiger charge is -2.32. The van der Waals surface area contributed by atoms with Crippen molar-refractivity contribution in [2.75, 3.05) is 19.6 Å². The van der Waals surface area contributed by atoms with Gasteiger partial charge in [0.2, 0.25) is 11.8 Å². The van der Waals surface area contributed by atoms with Gasteiger partial charge in [-0.05, 0) is 20.3 Å². The number of piperazine rings is 1. The van der Waals surface area contributed by atoms with Gasteiger partial charge in [-0.2, -0.15) is 0 Å². The van der Waals surface area contributed by atoms with E-state index in [0.29, 0.717) is 0 Å². The molecular weight excluding hydrogens is 254 g/mol. The summed E-state index contributed by atoms with van der Waals surface area (Å²) in [6.07, 6.45) is 1.19. The number of nitrogens with one attached hydrogen (secondary N) is 2. The van der Waals surface area contributed by atoms with Crippen molar-refractivity contribution in [2.24, 2.45) is 0 Å². The van der Waals surface area contributed by atoms with Gasteiger partial charge in [-0.25, -0.2) is 0 Å². The lowest BCUT2D eigenvalue weighted by molar-refractivity contribution is -0.138. The predicted molar refractivity (Wildman–Crippen MR) is 73.8 cm³/mol. The molecular formula is C12H24ClN3O2. The molecule has 0 saturated carbocycles. The highest BCUT2D eigenvalue weighted by Crippen LogP contribution is 2.06. The van der Waals surface area contributed by atoms with Gasteiger partial charge in [0.05, 0.1) is 12.5 Å². The predicted octanol–water partition coefficient (Wildman–Crippen LogP) is 0.533. The number of rotatable bonds is 5. The van der Waals surface area contributed by atoms with Crippen LogP contribution in [0.3, 0.4) is 0 Å². The van der Waals surface area contributed by atoms with Crippen LogP contribution in [0.25, 0.3) is 0 Å². The number of halogens is 1. The van der Waals surface area contributed by atoms with Gasteiger partial charge < -0.3 is 15.5 Å². The maximum atomic E-state index is 12.0. The molecule has 0 aliphatic carbocycles. The molecule has 1 heterocycles. The minimum Gasteiger partial charge on any atom is -0.354 e. The summed E-state index contributed by atoms with van der Waals surface area (Å²) in [5.41, 5.74) is 0. The third-order valence-electron chi connectivity index (χ3n) is 2.71. The molecule has 0 radical (unpaired) electrons. The first-order valence-electron chi connectivity index (χ1n) is 6.36. The third-order valence-corrected chi connectivity index (χ3v) is 2.71. The Bertz CT molecular complexity index is 282. The Labute approximate surface area is 115 Å². The van der Waals surface area contributed by atoms with Crippen LogP contribution in [-0.2, 0) is 9.59 Å². The SMILES string of the molecule is CCCN1CCNC(CC(=O)NC(C)C)C1=O.Cl. The van der Waals surface area contributed by atoms with Gasteiger partial charge in [-0.3, -0.25) is 9.59 Å². The molecule has 0 aromatic rings. The fourth-order valence-electron chi connectivity index (χ4n) is 2.01. The molecule has 0 aromatic heterocycles. The molecule has 1 unspecified atom stereocenters. The molecule has 6 heteroatoms. The van der Waals surface area contributed by atoms with Crippen molar-refractivity contribution in [1.29, 1.82) is 0 Å². The van der Waals surface area contributed by atoms with Crippen molar-refractivity contribution in [3.63, 3.8) is 0 Å². The van der Waals surface area contributed by atoms with Crippen molar-refractivity contribution in [1.82, 2.24) is 15.5 Å². The van der Waals surface area contributed by atoms with Crippen molar-refractivity contribution in [3.8, 4) is 0 Å². The summed E-state index contributed by atoms with van der Waals surface area (Å²) < 4.78 is 0. The van der Waals surface area contributed by atoms with Gasteiger partial charge in [0.1, 0.15) is 0 Å². The molecule has 0 aromatic carbocycles. The van der Waals surface area contributed by atoms with E-state index in [1.54, 1.807) is 0 Å². The molecule has 106 valence electrons. The summed E-state index contributed by atoms with van der Waals surface area (Å²) in [6.45, 7) is 8.17. The van der Waals surface area contributed by atoms with E-state index in [4.69, 9.17) is 0 Å². The summed E-state index contributed by atoms with van der Waals surface area (Å²) in [7, 11) is 0. The largest absolute Gasteiger partial charge is 0.354 e. The number of amides is 2. The highest BCUT2D eigenvalue weighted by atomic mass is 35.5. The van der Waals surface area contributed by atoms with Gasteiger partial charge in [-0.1, -0.05) is 6.92 Å². The van der Waals surface area contributed by atoms with Crippen molar-refractivity contribution in [2.45, 2.75) is 45.7 Å². The summed E-state index contributed by atoms with van der Waals surface area (Å²) in [6, 6.07) is -0.234. The van der Waals surface area contributed by atoms with E-state index in [0.717, 1.165) is 26.1 Å². The lowest BCUT2D eigenvalue weighted by atomic mass is 10.1. The number of carbonyl (C=O) groups is 2. The molecule has 5 nitrogen and oxygen atoms in total. The quantitative estimate of drug-likeness (QED) is 0.771. The van der Waals surface area contributed by atoms with Crippen LogP contribution < -0.4 is 10.6 Å². The Kier molecular flexibility index (Phi) is 7.95. The summed E-state index contributed by atoms with van der Waals surface area (Å²) in [4.78, 5) is 25.5. The highest BCUT2D eigenvalue weighted by Gasteiger charge is 2.29. The van der Waals surface area contributed by atoms with Crippen LogP contribution in [0.15, 0.2) is 0 Å². The molecule has 18 heavy (non-hydrogen) atoms. The molecule has 0 spiro atoms. The average molecular weight is 278 g/mol. The van der Waals surface area contributed by atoms with E-state index >= 15 is 0 Å². The minimum atomic E-state index is -0.353. The lowest BCUT2D eigenvalue weighted by Crippen LogP contribution is -2.56. The molecule has 1 aliphatic heterocycles. The van der Waals surface area contributed by atoms with Gasteiger partial charge >= 0.3 is 0 Å². The van der Waals surface area contributed by atoms with Crippen LogP contribution >= 0.6 is 12.4 Å². The van der Waals surface area contributed by atoms with Crippen molar-refractivity contribution < 1.29 is 9.59 Å². The topological polar surface area (TPSA) is 61.4 Å². The Hall–Kier alpha value is -0.810. The summed E-state index contributed by atoms with van der Waals surface area (Å²) >= 11 is 0. The second-order valence-electron chi connectivity index (χ2n) is 4.76. The fraction of sp³-hybridized carbons (Fsp3) is 0.833. The maximum Gasteiger partial charge on any atom is 0.240 e. The molecule has 1 saturated heterocycles. The van der Waals surface area contributed by atoms with E-state index in [2.05, 4.69) is 17.6 Å². The molecule has 1 rings (SSSR count). The first-order chi connectivity index (χ1) is 8.04. The van der Waals surface area contributed by atoms with Crippen LogP contribution in [0, 0.1) is 0 Å². The van der Waals surface area contributed by atoms with Crippen LogP contribution in [0.4, 0.5) is 0 Å². The minimum absolute atomic E-state index is 0. The molecule has 1 aliphatic rings. The zero-order valence-corrected chi connectivity index (χ0v) is 12.2. The Morgan fingerprint density at radius 3 is 2.78 bits per heavy atom. The molecule has 2 N–H and O–H groups in total. The van der Waals surface area contributed by atoms with E-state index in [9.17, 15) is 9.59 Å². The van der Waals surface area contributed by atoms with E-state index in [1.807, 2.05) is 18.7 Å². The number of nitrogens with zero attached hydrogens (tertiary/aromatic N) is 1. The molecule has 2 amide bonds. The fourth-order valence-corrected chi connectivity index (χ4v) is 2.01. The molecule has 1 atom stereocenters. The first-order valence-corrected chi connectivity index (χ1v) is 6.36. The number of carbonyl (C=O) groups excluding carboxylic acids is 2. The van der Waals surface area contributed by atoms with Gasteiger partial charge in [0.15, 0.2) is 0 Å². The number of hydrogen-bond donors (Lipinski definition) is 2. The third kappa shape index (κ3) is 5.23. The summed E-state index contributed by atoms with van der Waals surface area (Å²) in [5.74, 6) is -0.0128. The van der Waals surface area contributed by atoms with E-state index in [-0.39, 0.29) is 42.7 Å². The average Bonchev–Trinajstić information content (AvgIpc) is 2.23. The van der Waals surface area contributed by atoms with E-state index < -0.39 is 0 Å². The Balaban J connectivity index is 0.00000289. The zero-order valence-electron chi connectivity index (χ0n) is 11.4. The smallest absolute Gasteiger partial charge is 0.240 e. The second-order valence-corrected chi connectivity index (χ2v) is 4.76. The van der Waals surface area contributed by atoms with Gasteiger partial charge in [0, 0.05) is 25.7 Å². The van der Waals surface area contributed by atoms with Crippen LogP contribution in [0.2, 0.25) is 0 Å². The van der Waals surface area contributed by atoms with Gasteiger partial charge in [0.25, 0.3) is 0 Å². The van der Waals surface area contributed by atoms with Crippen LogP contribution in [-0.4, -0.2) is 48.4 Å². The Morgan fingerprint density at radius 1 is 1.56 bits per heavy atom. The molecule has 0 bridgehead atoms. The van der Waals surface area contributed by atoms with Crippen LogP contribution in [0.1, 0.15) is 33.6 Å². The normalized spacial score (nSPS) is 19.7. The van der Waals surface area contributed by atoms with Crippen molar-refractivity contribution in [3.05, 3.63) is 0 Å². The van der Waals surface area contributed by atoms with E-state index in [1.165, 1.54) is 0 Å².